The van der Waals surface area contributed by atoms with E-state index in [1.165, 1.54) is 4.90 Å². The van der Waals surface area contributed by atoms with Crippen LogP contribution in [0, 0.1) is 0 Å². The van der Waals surface area contributed by atoms with E-state index in [2.05, 4.69) is 4.90 Å². The smallest absolute Gasteiger partial charge is 0.251 e. The van der Waals surface area contributed by atoms with E-state index in [-0.39, 0.29) is 36.5 Å². The van der Waals surface area contributed by atoms with E-state index in [1.54, 1.807) is 0 Å². The molecular formula is C20H22N2O3. The van der Waals surface area contributed by atoms with Crippen LogP contribution in [0.4, 0.5) is 5.69 Å². The fourth-order valence-electron chi connectivity index (χ4n) is 4.03. The Labute approximate surface area is 147 Å². The highest BCUT2D eigenvalue weighted by atomic mass is 16.5. The van der Waals surface area contributed by atoms with Crippen molar-refractivity contribution < 1.29 is 14.3 Å². The Morgan fingerprint density at radius 3 is 2.40 bits per heavy atom. The molecule has 2 amide bonds. The Hall–Kier alpha value is -2.24. The van der Waals surface area contributed by atoms with Crippen LogP contribution in [-0.2, 0) is 14.3 Å². The second-order valence-electron chi connectivity index (χ2n) is 7.00. The Morgan fingerprint density at radius 1 is 0.960 bits per heavy atom. The lowest BCUT2D eigenvalue weighted by molar-refractivity contribution is -0.127. The number of hydrogen-bond acceptors (Lipinski definition) is 4. The number of nitrogens with zero attached hydrogens (tertiary/aromatic N) is 2. The summed E-state index contributed by atoms with van der Waals surface area (Å²) in [4.78, 5) is 29.3. The summed E-state index contributed by atoms with van der Waals surface area (Å²) in [6.07, 6.45) is 0.373. The average molecular weight is 338 g/mol. The molecule has 2 fully saturated rings. The van der Waals surface area contributed by atoms with Gasteiger partial charge in [0.05, 0.1) is 30.4 Å². The van der Waals surface area contributed by atoms with Crippen molar-refractivity contribution in [3.05, 3.63) is 42.5 Å². The number of anilines is 1. The molecule has 3 atom stereocenters. The van der Waals surface area contributed by atoms with Gasteiger partial charge in [-0.05, 0) is 25.3 Å². The highest BCUT2D eigenvalue weighted by molar-refractivity contribution is 6.25. The van der Waals surface area contributed by atoms with Crippen LogP contribution in [0.1, 0.15) is 20.3 Å². The zero-order chi connectivity index (χ0) is 17.6. The number of amides is 2. The number of rotatable bonds is 2. The summed E-state index contributed by atoms with van der Waals surface area (Å²) >= 11 is 0. The lowest BCUT2D eigenvalue weighted by atomic mass is 10.1. The Morgan fingerprint density at radius 2 is 1.64 bits per heavy atom. The maximum atomic E-state index is 13.1. The second-order valence-corrected chi connectivity index (χ2v) is 7.00. The molecule has 5 heteroatoms. The number of fused-ring (bicyclic) bond motifs is 1. The summed E-state index contributed by atoms with van der Waals surface area (Å²) in [7, 11) is 0. The van der Waals surface area contributed by atoms with Crippen molar-refractivity contribution in [2.75, 3.05) is 18.0 Å². The molecule has 0 aliphatic carbocycles. The zero-order valence-electron chi connectivity index (χ0n) is 14.5. The van der Waals surface area contributed by atoms with E-state index in [4.69, 9.17) is 4.74 Å². The molecular weight excluding hydrogens is 316 g/mol. The van der Waals surface area contributed by atoms with E-state index in [9.17, 15) is 9.59 Å². The average Bonchev–Trinajstić information content (AvgIpc) is 2.88. The van der Waals surface area contributed by atoms with Gasteiger partial charge < -0.3 is 4.74 Å². The van der Waals surface area contributed by atoms with Gasteiger partial charge in [0.25, 0.3) is 5.91 Å². The third kappa shape index (κ3) is 2.83. The molecule has 0 saturated carbocycles. The quantitative estimate of drug-likeness (QED) is 0.790. The first-order valence-electron chi connectivity index (χ1n) is 8.78. The van der Waals surface area contributed by atoms with Crippen molar-refractivity contribution in [3.63, 3.8) is 0 Å². The van der Waals surface area contributed by atoms with Gasteiger partial charge in [0.2, 0.25) is 5.91 Å². The molecule has 2 saturated heterocycles. The topological polar surface area (TPSA) is 49.9 Å². The molecule has 4 rings (SSSR count). The monoisotopic (exact) mass is 338 g/mol. The summed E-state index contributed by atoms with van der Waals surface area (Å²) in [5, 5.41) is 1.95. The maximum Gasteiger partial charge on any atom is 0.251 e. The largest absolute Gasteiger partial charge is 0.373 e. The SMILES string of the molecule is C[C@@H]1CN([C@@H]2CC(=O)N(c3cccc4ccccc34)C2=O)C[C@H](C)O1. The van der Waals surface area contributed by atoms with Crippen LogP contribution in [-0.4, -0.2) is 48.1 Å². The van der Waals surface area contributed by atoms with Crippen molar-refractivity contribution in [2.24, 2.45) is 0 Å². The van der Waals surface area contributed by atoms with Gasteiger partial charge >= 0.3 is 0 Å². The molecule has 130 valence electrons. The van der Waals surface area contributed by atoms with Gasteiger partial charge in [-0.15, -0.1) is 0 Å². The van der Waals surface area contributed by atoms with Crippen LogP contribution in [0.2, 0.25) is 0 Å². The third-order valence-electron chi connectivity index (χ3n) is 5.02. The van der Waals surface area contributed by atoms with Gasteiger partial charge in [-0.2, -0.15) is 0 Å². The predicted octanol–water partition coefficient (Wildman–Crippen LogP) is 2.58. The van der Waals surface area contributed by atoms with Gasteiger partial charge in [-0.1, -0.05) is 36.4 Å². The van der Waals surface area contributed by atoms with Crippen molar-refractivity contribution >= 4 is 28.3 Å². The number of carbonyl (C=O) groups is 2. The number of imide groups is 1. The molecule has 2 aliphatic heterocycles. The number of morpholine rings is 1. The molecule has 0 bridgehead atoms. The minimum atomic E-state index is -0.389. The summed E-state index contributed by atoms with van der Waals surface area (Å²) < 4.78 is 5.76. The normalized spacial score (nSPS) is 28.1. The predicted molar refractivity (Wildman–Crippen MR) is 96.4 cm³/mol. The summed E-state index contributed by atoms with van der Waals surface area (Å²) in [6.45, 7) is 5.37. The van der Waals surface area contributed by atoms with Crippen LogP contribution in [0.5, 0.6) is 0 Å². The standard InChI is InChI=1S/C20H22N2O3/c1-13-11-21(12-14(2)25-13)18-10-19(23)22(20(18)24)17-9-5-7-15-6-3-4-8-16(15)17/h3-9,13-14,18H,10-12H2,1-2H3/t13-,14+,18-/m1/s1. The van der Waals surface area contributed by atoms with E-state index in [0.717, 1.165) is 10.8 Å². The molecule has 0 unspecified atom stereocenters. The Kier molecular flexibility index (Phi) is 4.06. The first-order valence-corrected chi connectivity index (χ1v) is 8.78. The minimum Gasteiger partial charge on any atom is -0.373 e. The number of ether oxygens (including phenoxy) is 1. The molecule has 0 spiro atoms. The fourth-order valence-corrected chi connectivity index (χ4v) is 4.03. The molecule has 0 N–H and O–H groups in total. The highest BCUT2D eigenvalue weighted by Gasteiger charge is 2.44. The van der Waals surface area contributed by atoms with E-state index in [1.807, 2.05) is 56.3 Å². The number of benzene rings is 2. The molecule has 25 heavy (non-hydrogen) atoms. The van der Waals surface area contributed by atoms with Gasteiger partial charge in [-0.3, -0.25) is 14.5 Å². The summed E-state index contributed by atoms with van der Waals surface area (Å²) in [6, 6.07) is 13.2. The molecule has 5 nitrogen and oxygen atoms in total. The zero-order valence-corrected chi connectivity index (χ0v) is 14.5. The first-order chi connectivity index (χ1) is 12.0. The minimum absolute atomic E-state index is 0.0678. The molecule has 0 aromatic heterocycles. The van der Waals surface area contributed by atoms with Gasteiger partial charge in [0.1, 0.15) is 0 Å². The molecule has 2 aromatic carbocycles. The lowest BCUT2D eigenvalue weighted by Gasteiger charge is -2.37. The number of hydrogen-bond donors (Lipinski definition) is 0. The van der Waals surface area contributed by atoms with Crippen molar-refractivity contribution in [3.8, 4) is 0 Å². The second kappa shape index (κ2) is 6.24. The van der Waals surface area contributed by atoms with Crippen LogP contribution in [0.25, 0.3) is 10.8 Å². The molecule has 2 aromatic rings. The highest BCUT2D eigenvalue weighted by Crippen LogP contribution is 2.32. The molecule has 0 radical (unpaired) electrons. The van der Waals surface area contributed by atoms with Gasteiger partial charge in [0, 0.05) is 18.5 Å². The third-order valence-corrected chi connectivity index (χ3v) is 5.02. The summed E-state index contributed by atoms with van der Waals surface area (Å²) in [5.41, 5.74) is 0.685. The molecule has 2 heterocycles. The van der Waals surface area contributed by atoms with Gasteiger partial charge in [0.15, 0.2) is 0 Å². The van der Waals surface area contributed by atoms with E-state index < -0.39 is 0 Å². The molecule has 2 aliphatic rings. The first kappa shape index (κ1) is 16.2. The van der Waals surface area contributed by atoms with E-state index >= 15 is 0 Å². The van der Waals surface area contributed by atoms with E-state index in [0.29, 0.717) is 18.8 Å². The van der Waals surface area contributed by atoms with Gasteiger partial charge in [-0.25, -0.2) is 4.90 Å². The summed E-state index contributed by atoms with van der Waals surface area (Å²) in [5.74, 6) is -0.249. The van der Waals surface area contributed by atoms with Crippen molar-refractivity contribution in [1.82, 2.24) is 4.90 Å². The van der Waals surface area contributed by atoms with Crippen LogP contribution in [0.15, 0.2) is 42.5 Å². The number of carbonyl (C=O) groups excluding carboxylic acids is 2. The Bertz CT molecular complexity index is 819. The Balaban J connectivity index is 1.67. The van der Waals surface area contributed by atoms with Crippen LogP contribution >= 0.6 is 0 Å². The fraction of sp³-hybridized carbons (Fsp3) is 0.400. The van der Waals surface area contributed by atoms with Crippen LogP contribution < -0.4 is 4.90 Å². The maximum absolute atomic E-state index is 13.1. The van der Waals surface area contributed by atoms with Crippen molar-refractivity contribution in [1.29, 1.82) is 0 Å². The van der Waals surface area contributed by atoms with Crippen LogP contribution in [0.3, 0.4) is 0 Å². The lowest BCUT2D eigenvalue weighted by Crippen LogP contribution is -2.52. The van der Waals surface area contributed by atoms with Crippen molar-refractivity contribution in [2.45, 2.75) is 38.5 Å².